The number of carboxylic acid groups (broad SMARTS) is 1. The van der Waals surface area contributed by atoms with Crippen LogP contribution in [0.1, 0.15) is 49.7 Å². The minimum atomic E-state index is -1.57. The van der Waals surface area contributed by atoms with Gasteiger partial charge in [-0.1, -0.05) is 18.2 Å². The zero-order chi connectivity index (χ0) is 27.0. The van der Waals surface area contributed by atoms with Crippen LogP contribution in [0.25, 0.3) is 11.1 Å². The molecule has 9 heteroatoms. The lowest BCUT2D eigenvalue weighted by Crippen LogP contribution is -2.48. The Morgan fingerprint density at radius 2 is 1.95 bits per heavy atom. The topological polar surface area (TPSA) is 102 Å². The lowest BCUT2D eigenvalue weighted by Gasteiger charge is -2.43. The first-order chi connectivity index (χ1) is 17.7. The van der Waals surface area contributed by atoms with Crippen LogP contribution >= 0.6 is 0 Å². The largest absolute Gasteiger partial charge is 0.465 e. The fourth-order valence-corrected chi connectivity index (χ4v) is 5.34. The van der Waals surface area contributed by atoms with Gasteiger partial charge in [0.05, 0.1) is 5.60 Å². The van der Waals surface area contributed by atoms with Gasteiger partial charge < -0.3 is 25.7 Å². The van der Waals surface area contributed by atoms with Crippen molar-refractivity contribution >= 4 is 12.0 Å². The minimum absolute atomic E-state index is 0.00932. The summed E-state index contributed by atoms with van der Waals surface area (Å²) in [5.41, 5.74) is -0.182. The SMILES string of the molecule is CNCCCC(=O)N1CCCC(C(O)(CCCNC(=O)O)c2cccc(F)c2-c2cc(C)cc(F)c2)C1. The van der Waals surface area contributed by atoms with Gasteiger partial charge in [0.25, 0.3) is 0 Å². The van der Waals surface area contributed by atoms with Crippen LogP contribution < -0.4 is 10.6 Å². The van der Waals surface area contributed by atoms with E-state index < -0.39 is 29.2 Å². The Balaban J connectivity index is 2.01. The van der Waals surface area contributed by atoms with E-state index >= 15 is 4.39 Å². The van der Waals surface area contributed by atoms with Crippen molar-refractivity contribution in [2.75, 3.05) is 33.2 Å². The summed E-state index contributed by atoms with van der Waals surface area (Å²) in [5.74, 6) is -1.49. The first-order valence-electron chi connectivity index (χ1n) is 12.8. The number of aryl methyl sites for hydroxylation is 1. The van der Waals surface area contributed by atoms with Crippen molar-refractivity contribution in [1.82, 2.24) is 15.5 Å². The second kappa shape index (κ2) is 13.0. The van der Waals surface area contributed by atoms with Gasteiger partial charge in [0.15, 0.2) is 0 Å². The summed E-state index contributed by atoms with van der Waals surface area (Å²) in [4.78, 5) is 25.6. The van der Waals surface area contributed by atoms with Crippen LogP contribution in [0.4, 0.5) is 13.6 Å². The molecular formula is C28H37F2N3O4. The highest BCUT2D eigenvalue weighted by Crippen LogP contribution is 2.44. The van der Waals surface area contributed by atoms with Gasteiger partial charge in [-0.15, -0.1) is 0 Å². The van der Waals surface area contributed by atoms with E-state index in [-0.39, 0.29) is 24.4 Å². The number of likely N-dealkylation sites (tertiary alicyclic amines) is 1. The van der Waals surface area contributed by atoms with Gasteiger partial charge in [-0.25, -0.2) is 13.6 Å². The van der Waals surface area contributed by atoms with Crippen molar-refractivity contribution in [3.63, 3.8) is 0 Å². The quantitative estimate of drug-likeness (QED) is 0.331. The van der Waals surface area contributed by atoms with Crippen molar-refractivity contribution in [2.24, 2.45) is 5.92 Å². The van der Waals surface area contributed by atoms with Crippen molar-refractivity contribution in [3.05, 3.63) is 59.2 Å². The predicted octanol–water partition coefficient (Wildman–Crippen LogP) is 4.41. The first-order valence-corrected chi connectivity index (χ1v) is 12.8. The van der Waals surface area contributed by atoms with Gasteiger partial charge in [0.1, 0.15) is 11.6 Å². The Bertz CT molecular complexity index is 1080. The first kappa shape index (κ1) is 28.5. The summed E-state index contributed by atoms with van der Waals surface area (Å²) in [5, 5.41) is 26.6. The summed E-state index contributed by atoms with van der Waals surface area (Å²) in [6.45, 7) is 3.45. The molecule has 1 aliphatic heterocycles. The molecule has 1 saturated heterocycles. The van der Waals surface area contributed by atoms with E-state index in [2.05, 4.69) is 10.6 Å². The minimum Gasteiger partial charge on any atom is -0.465 e. The standard InChI is InChI=1S/C28H37F2N3O4/c1-19-15-20(17-22(29)16-19)26-23(8-3-9-24(26)30)28(37,11-6-13-32-27(35)36)21-7-5-14-33(18-21)25(34)10-4-12-31-2/h3,8-9,15-17,21,31-32,37H,4-7,10-14,18H2,1-2H3,(H,35,36). The zero-order valence-electron chi connectivity index (χ0n) is 21.5. The average molecular weight is 518 g/mol. The van der Waals surface area contributed by atoms with Crippen LogP contribution in [-0.2, 0) is 10.4 Å². The maximum absolute atomic E-state index is 15.4. The molecule has 0 saturated carbocycles. The molecule has 2 atom stereocenters. The number of rotatable bonds is 11. The molecule has 0 aliphatic carbocycles. The number of carbonyl (C=O) groups is 2. The van der Waals surface area contributed by atoms with E-state index in [1.165, 1.54) is 24.3 Å². The van der Waals surface area contributed by atoms with Crippen LogP contribution in [-0.4, -0.2) is 60.3 Å². The highest BCUT2D eigenvalue weighted by atomic mass is 19.1. The molecule has 3 rings (SSSR count). The molecule has 1 aliphatic rings. The summed E-state index contributed by atoms with van der Waals surface area (Å²) >= 11 is 0. The van der Waals surface area contributed by atoms with E-state index in [1.807, 2.05) is 7.05 Å². The smallest absolute Gasteiger partial charge is 0.404 e. The molecule has 37 heavy (non-hydrogen) atoms. The summed E-state index contributed by atoms with van der Waals surface area (Å²) < 4.78 is 29.7. The van der Waals surface area contributed by atoms with Gasteiger partial charge in [-0.05, 0) is 87.5 Å². The number of hydrogen-bond acceptors (Lipinski definition) is 4. The molecular weight excluding hydrogens is 480 g/mol. The van der Waals surface area contributed by atoms with Crippen LogP contribution in [0.3, 0.4) is 0 Å². The van der Waals surface area contributed by atoms with E-state index in [9.17, 15) is 19.1 Å². The third-order valence-corrected chi connectivity index (χ3v) is 7.09. The van der Waals surface area contributed by atoms with E-state index in [4.69, 9.17) is 5.11 Å². The lowest BCUT2D eigenvalue weighted by molar-refractivity contribution is -0.136. The summed E-state index contributed by atoms with van der Waals surface area (Å²) in [6.07, 6.45) is 1.67. The average Bonchev–Trinajstić information content (AvgIpc) is 2.85. The monoisotopic (exact) mass is 517 g/mol. The highest BCUT2D eigenvalue weighted by molar-refractivity contribution is 5.76. The van der Waals surface area contributed by atoms with Crippen LogP contribution in [0, 0.1) is 24.5 Å². The number of amides is 2. The number of halogens is 2. The molecule has 0 bridgehead atoms. The maximum atomic E-state index is 15.4. The molecule has 2 unspecified atom stereocenters. The predicted molar refractivity (Wildman–Crippen MR) is 138 cm³/mol. The molecule has 0 aromatic heterocycles. The number of aliphatic hydroxyl groups is 1. The summed E-state index contributed by atoms with van der Waals surface area (Å²) in [6, 6.07) is 8.73. The Labute approximate surface area is 216 Å². The maximum Gasteiger partial charge on any atom is 0.404 e. The molecule has 1 fully saturated rings. The van der Waals surface area contributed by atoms with Gasteiger partial charge in [0.2, 0.25) is 5.91 Å². The normalized spacial score (nSPS) is 17.3. The fourth-order valence-electron chi connectivity index (χ4n) is 5.34. The van der Waals surface area contributed by atoms with E-state index in [0.717, 1.165) is 6.54 Å². The Hall–Kier alpha value is -3.04. The van der Waals surface area contributed by atoms with Crippen molar-refractivity contribution in [2.45, 2.75) is 51.0 Å². The Kier molecular flexibility index (Phi) is 10.00. The molecule has 0 spiro atoms. The Morgan fingerprint density at radius 1 is 1.16 bits per heavy atom. The number of carbonyl (C=O) groups excluding carboxylic acids is 1. The van der Waals surface area contributed by atoms with Crippen LogP contribution in [0.5, 0.6) is 0 Å². The number of benzene rings is 2. The van der Waals surface area contributed by atoms with Gasteiger partial charge in [0, 0.05) is 37.5 Å². The van der Waals surface area contributed by atoms with E-state index in [1.54, 1.807) is 24.0 Å². The molecule has 7 nitrogen and oxygen atoms in total. The van der Waals surface area contributed by atoms with Crippen molar-refractivity contribution in [1.29, 1.82) is 0 Å². The molecule has 2 aromatic carbocycles. The second-order valence-corrected chi connectivity index (χ2v) is 9.83. The molecule has 0 radical (unpaired) electrons. The number of nitrogens with zero attached hydrogens (tertiary/aromatic N) is 1. The number of hydrogen-bond donors (Lipinski definition) is 4. The third-order valence-electron chi connectivity index (χ3n) is 7.09. The van der Waals surface area contributed by atoms with Crippen LogP contribution in [0.2, 0.25) is 0 Å². The summed E-state index contributed by atoms with van der Waals surface area (Å²) in [7, 11) is 1.83. The van der Waals surface area contributed by atoms with Crippen molar-refractivity contribution < 1.29 is 28.6 Å². The number of nitrogens with one attached hydrogen (secondary N) is 2. The van der Waals surface area contributed by atoms with Crippen molar-refractivity contribution in [3.8, 4) is 11.1 Å². The fraction of sp³-hybridized carbons (Fsp3) is 0.500. The van der Waals surface area contributed by atoms with Crippen LogP contribution in [0.15, 0.2) is 36.4 Å². The second-order valence-electron chi connectivity index (χ2n) is 9.83. The molecule has 202 valence electrons. The molecule has 2 amide bonds. The Morgan fingerprint density at radius 3 is 2.65 bits per heavy atom. The number of piperidine rings is 1. The zero-order valence-corrected chi connectivity index (χ0v) is 21.5. The van der Waals surface area contributed by atoms with Gasteiger partial charge in [-0.3, -0.25) is 4.79 Å². The van der Waals surface area contributed by atoms with Gasteiger partial charge in [-0.2, -0.15) is 0 Å². The van der Waals surface area contributed by atoms with E-state index in [0.29, 0.717) is 61.9 Å². The molecule has 1 heterocycles. The highest BCUT2D eigenvalue weighted by Gasteiger charge is 2.43. The third kappa shape index (κ3) is 7.26. The molecule has 4 N–H and O–H groups in total. The molecule has 2 aromatic rings. The van der Waals surface area contributed by atoms with Gasteiger partial charge >= 0.3 is 6.09 Å². The lowest BCUT2D eigenvalue weighted by atomic mass is 9.72.